The number of carbonyl (C=O) groups is 14. The van der Waals surface area contributed by atoms with E-state index in [1.165, 1.54) is 26.0 Å². The maximum atomic E-state index is 14.9. The number of hydrogen-bond donors (Lipinski definition) is 10. The second kappa shape index (κ2) is 52.2. The maximum absolute atomic E-state index is 14.9. The summed E-state index contributed by atoms with van der Waals surface area (Å²) in [5, 5.41) is 35.6. The lowest BCUT2D eigenvalue weighted by atomic mass is 9.83. The second-order valence-corrected chi connectivity index (χ2v) is 32.2. The van der Waals surface area contributed by atoms with Crippen molar-refractivity contribution >= 4 is 100 Å². The number of aliphatic hydroxyl groups is 1. The van der Waals surface area contributed by atoms with Crippen LogP contribution in [0.15, 0.2) is 54.6 Å². The van der Waals surface area contributed by atoms with E-state index >= 15 is 0 Å². The fourth-order valence-corrected chi connectivity index (χ4v) is 15.4. The number of carbonyl (C=O) groups excluding carboxylic acids is 13. The standard InChI is InChI=1S/C82H131N11O20S/c1-16-52(8)75(66(110-14)44-72(102)93-38-24-28-62(93)77(111-15)54(10)63(95)41-53(9)76(103)57-25-19-17-20-26-57)91(12)79(105)60(49(2)3)43-65(97)74(51(6)7)92(13)82(109)113-47-56-30-32-59(33-31-56)88-78(104)58(27-23-36-87-81(84)108)42-64(96)73(50(4)5)90-68(98)29-21-18-22-35-85-70(100)45-67(80(106)107)114-48-61(55(11)94)89-69(99)34-39-112-40-37-86-71(101)46-83/h17,19-20,25-26,30-33,49-54,58,60-62,66-67,73-77,103H,16,18,21-24,27-29,34-48,83H2,1-15H3,(H,85,100)(H,86,101)(H,88,104)(H,89,99)(H,90,98)(H,106,107)(H3,84,87,108)/t52-,53-,54-,58?,60?,61?,62-,66+,67?,73-,74+,75?,76+,77?/m0/s1. The molecule has 0 spiro atoms. The number of nitrogens with two attached hydrogens (primary N) is 2. The van der Waals surface area contributed by atoms with Gasteiger partial charge in [-0.2, -0.15) is 0 Å². The van der Waals surface area contributed by atoms with Crippen LogP contribution in [0.2, 0.25) is 0 Å². The number of urea groups is 1. The number of Topliss-reactive ketones (excluding diaryl/α,β-unsaturated/α-hetero) is 4. The second-order valence-electron chi connectivity index (χ2n) is 30.9. The summed E-state index contributed by atoms with van der Waals surface area (Å²) in [6, 6.07) is 10.9. The Morgan fingerprint density at radius 3 is 1.90 bits per heavy atom. The highest BCUT2D eigenvalue weighted by Gasteiger charge is 2.44. The Kier molecular flexibility index (Phi) is 45.7. The predicted octanol–water partition coefficient (Wildman–Crippen LogP) is 6.67. The van der Waals surface area contributed by atoms with Crippen molar-refractivity contribution in [2.45, 2.75) is 233 Å². The molecule has 0 bridgehead atoms. The van der Waals surface area contributed by atoms with Crippen molar-refractivity contribution < 1.29 is 96.3 Å². The van der Waals surface area contributed by atoms with E-state index in [0.717, 1.165) is 17.3 Å². The highest BCUT2D eigenvalue weighted by atomic mass is 32.2. The van der Waals surface area contributed by atoms with Crippen molar-refractivity contribution in [3.05, 3.63) is 65.7 Å². The Labute approximate surface area is 677 Å². The number of anilines is 1. The number of amides is 10. The zero-order chi connectivity index (χ0) is 85.5. The molecule has 12 N–H and O–H groups in total. The fraction of sp³-hybridized carbons (Fsp3) is 0.683. The van der Waals surface area contributed by atoms with Crippen LogP contribution in [0.1, 0.15) is 190 Å². The summed E-state index contributed by atoms with van der Waals surface area (Å²) < 4.78 is 23.2. The van der Waals surface area contributed by atoms with Crippen molar-refractivity contribution in [2.75, 3.05) is 85.3 Å². The first-order chi connectivity index (χ1) is 53.9. The van der Waals surface area contributed by atoms with E-state index in [4.69, 9.17) is 30.4 Å². The van der Waals surface area contributed by atoms with Crippen molar-refractivity contribution in [1.82, 2.24) is 41.3 Å². The first kappa shape index (κ1) is 99.8. The third kappa shape index (κ3) is 34.2. The zero-order valence-electron chi connectivity index (χ0n) is 69.6. The molecule has 14 atom stereocenters. The molecule has 1 aliphatic heterocycles. The minimum absolute atomic E-state index is 0.00547. The van der Waals surface area contributed by atoms with Crippen LogP contribution >= 0.6 is 11.8 Å². The lowest BCUT2D eigenvalue weighted by molar-refractivity contribution is -0.149. The van der Waals surface area contributed by atoms with Gasteiger partial charge < -0.3 is 87.2 Å². The minimum atomic E-state index is -1.28. The number of benzene rings is 2. The molecular formula is C82H131N11O20S. The van der Waals surface area contributed by atoms with Gasteiger partial charge in [-0.15, -0.1) is 11.8 Å². The first-order valence-electron chi connectivity index (χ1n) is 39.9. The van der Waals surface area contributed by atoms with Crippen LogP contribution in [-0.2, 0) is 83.1 Å². The van der Waals surface area contributed by atoms with Gasteiger partial charge in [0.25, 0.3) is 0 Å². The number of aliphatic hydroxyl groups excluding tert-OH is 1. The molecule has 31 nitrogen and oxygen atoms in total. The molecule has 1 fully saturated rings. The van der Waals surface area contributed by atoms with Gasteiger partial charge >= 0.3 is 18.1 Å². The zero-order valence-corrected chi connectivity index (χ0v) is 70.4. The number of methoxy groups -OCH3 is 2. The molecule has 640 valence electrons. The van der Waals surface area contributed by atoms with Gasteiger partial charge in [0, 0.05) is 122 Å². The third-order valence-corrected chi connectivity index (χ3v) is 22.4. The average Bonchev–Trinajstić information content (AvgIpc) is 1.53. The Bertz CT molecular complexity index is 3420. The van der Waals surface area contributed by atoms with E-state index in [0.29, 0.717) is 56.3 Å². The summed E-state index contributed by atoms with van der Waals surface area (Å²) in [6.07, 6.45) is -0.214. The van der Waals surface area contributed by atoms with Gasteiger partial charge in [-0.25, -0.2) is 9.59 Å². The topological polar surface area (TPSA) is 450 Å². The number of unbranched alkanes of at least 4 members (excludes halogenated alkanes) is 2. The van der Waals surface area contributed by atoms with E-state index < -0.39 is 137 Å². The maximum Gasteiger partial charge on any atom is 0.410 e. The molecule has 10 amide bonds. The predicted molar refractivity (Wildman–Crippen MR) is 433 cm³/mol. The molecule has 3 rings (SSSR count). The van der Waals surface area contributed by atoms with Crippen LogP contribution in [-0.4, -0.2) is 235 Å². The Morgan fingerprint density at radius 2 is 1.32 bits per heavy atom. The number of rotatable bonds is 56. The Hall–Kier alpha value is -8.43. The number of ketones is 4. The molecule has 2 aromatic rings. The van der Waals surface area contributed by atoms with Gasteiger partial charge in [-0.3, -0.25) is 57.5 Å². The molecule has 1 aliphatic rings. The van der Waals surface area contributed by atoms with Gasteiger partial charge in [-0.05, 0) is 98.3 Å². The Morgan fingerprint density at radius 1 is 0.667 bits per heavy atom. The summed E-state index contributed by atoms with van der Waals surface area (Å²) in [5.74, 6) is -9.45. The monoisotopic (exact) mass is 1620 g/mol. The van der Waals surface area contributed by atoms with Crippen LogP contribution < -0.4 is 43.4 Å². The Balaban J connectivity index is 1.60. The van der Waals surface area contributed by atoms with Crippen LogP contribution in [0.25, 0.3) is 0 Å². The molecule has 1 heterocycles. The average molecular weight is 1620 g/mol. The van der Waals surface area contributed by atoms with Crippen molar-refractivity contribution in [2.24, 2.45) is 58.8 Å². The van der Waals surface area contributed by atoms with E-state index in [9.17, 15) is 77.3 Å². The number of ether oxygens (including phenoxy) is 4. The summed E-state index contributed by atoms with van der Waals surface area (Å²) in [6.45, 7) is 20.4. The number of aliphatic carboxylic acids is 1. The molecule has 6 unspecified atom stereocenters. The first-order valence-corrected chi connectivity index (χ1v) is 41.0. The minimum Gasteiger partial charge on any atom is -0.480 e. The van der Waals surface area contributed by atoms with Gasteiger partial charge in [0.15, 0.2) is 17.3 Å². The van der Waals surface area contributed by atoms with Crippen molar-refractivity contribution in [1.29, 1.82) is 0 Å². The number of nitrogens with one attached hydrogen (secondary N) is 6. The van der Waals surface area contributed by atoms with Crippen LogP contribution in [0.4, 0.5) is 15.3 Å². The molecule has 0 aromatic heterocycles. The van der Waals surface area contributed by atoms with Crippen LogP contribution in [0.3, 0.4) is 0 Å². The summed E-state index contributed by atoms with van der Waals surface area (Å²) in [5.41, 5.74) is 12.1. The molecule has 0 radical (unpaired) electrons. The SMILES string of the molecule is CC[C@H](C)C([C@@H](CC(=O)N1CCC[C@H]1C(OC)[C@@H](C)C(=O)C[C@H](C)[C@@H](O)c1ccccc1)OC)N(C)C(=O)C(CC(=O)[C@@H](C(C)C)N(C)C(=O)OCc1ccc(NC(=O)C(CCCNC(N)=O)CC(=O)[C@@H](NC(=O)CCCCCNC(=O)CC(SCC(NC(=O)CCOCCNC(=O)CN)C(C)=O)C(=O)O)C(C)C)cc1)C(C)C. The number of carboxylic acids is 1. The molecule has 32 heteroatoms. The van der Waals surface area contributed by atoms with E-state index in [1.54, 1.807) is 75.9 Å². The summed E-state index contributed by atoms with van der Waals surface area (Å²) >= 11 is 0.835. The van der Waals surface area contributed by atoms with E-state index in [2.05, 4.69) is 31.9 Å². The fourth-order valence-electron chi connectivity index (χ4n) is 14.2. The number of likely N-dealkylation sites (tertiary alicyclic amines) is 1. The number of primary amides is 1. The molecular weight excluding hydrogens is 1490 g/mol. The van der Waals surface area contributed by atoms with Gasteiger partial charge in [0.2, 0.25) is 41.4 Å². The summed E-state index contributed by atoms with van der Waals surface area (Å²) in [4.78, 5) is 190. The molecule has 1 saturated heterocycles. The lowest BCUT2D eigenvalue weighted by Gasteiger charge is -2.41. The molecule has 2 aromatic carbocycles. The van der Waals surface area contributed by atoms with Gasteiger partial charge in [0.05, 0.1) is 74.7 Å². The number of hydrogen-bond acceptors (Lipinski definition) is 21. The normalized spacial score (nSPS) is 16.2. The number of likely N-dealkylation sites (N-methyl/N-ethyl adjacent to an activating group) is 2. The molecule has 114 heavy (non-hydrogen) atoms. The third-order valence-electron chi connectivity index (χ3n) is 21.1. The van der Waals surface area contributed by atoms with Gasteiger partial charge in [0.1, 0.15) is 17.6 Å². The number of carboxylic acid groups (broad SMARTS) is 1. The summed E-state index contributed by atoms with van der Waals surface area (Å²) in [7, 11) is 6.19. The quantitative estimate of drug-likeness (QED) is 0.0309. The van der Waals surface area contributed by atoms with Crippen molar-refractivity contribution in [3.63, 3.8) is 0 Å². The smallest absolute Gasteiger partial charge is 0.410 e. The largest absolute Gasteiger partial charge is 0.480 e. The van der Waals surface area contributed by atoms with E-state index in [-0.39, 0.29) is 156 Å². The molecule has 0 saturated carbocycles. The van der Waals surface area contributed by atoms with Crippen LogP contribution in [0.5, 0.6) is 0 Å². The lowest BCUT2D eigenvalue weighted by Crippen LogP contribution is -2.54. The van der Waals surface area contributed by atoms with Crippen molar-refractivity contribution in [3.8, 4) is 0 Å². The molecule has 0 aliphatic carbocycles. The highest BCUT2D eigenvalue weighted by molar-refractivity contribution is 8.00. The number of thioether (sulfide) groups is 1. The van der Waals surface area contributed by atoms with Gasteiger partial charge in [-0.1, -0.05) is 125 Å². The number of nitrogens with zero attached hydrogens (tertiary/aromatic N) is 3. The van der Waals surface area contributed by atoms with E-state index in [1.807, 2.05) is 71.9 Å². The highest BCUT2D eigenvalue weighted by Crippen LogP contribution is 2.34. The van der Waals surface area contributed by atoms with Crippen LogP contribution in [0, 0.1) is 47.3 Å².